The van der Waals surface area contributed by atoms with Crippen LogP contribution in [0.4, 0.5) is 0 Å². The average molecular weight is 247 g/mol. The van der Waals surface area contributed by atoms with Gasteiger partial charge in [0.25, 0.3) is 0 Å². The summed E-state index contributed by atoms with van der Waals surface area (Å²) in [5, 5.41) is 19.5. The largest absolute Gasteiger partial charge is 0.505 e. The summed E-state index contributed by atoms with van der Waals surface area (Å²) in [6.45, 7) is 0.358. The molecule has 5 heteroatoms. The number of esters is 1. The quantitative estimate of drug-likeness (QED) is 0.810. The zero-order valence-electron chi connectivity index (χ0n) is 9.83. The van der Waals surface area contributed by atoms with Gasteiger partial charge >= 0.3 is 5.97 Å². The summed E-state index contributed by atoms with van der Waals surface area (Å²) in [4.78, 5) is 11.4. The van der Waals surface area contributed by atoms with Gasteiger partial charge in [-0.2, -0.15) is 0 Å². The van der Waals surface area contributed by atoms with Gasteiger partial charge in [-0.1, -0.05) is 30.3 Å². The summed E-state index contributed by atoms with van der Waals surface area (Å²) in [5.74, 6) is -1.37. The molecule has 0 fully saturated rings. The predicted octanol–water partition coefficient (Wildman–Crippen LogP) is 1.73. The lowest BCUT2D eigenvalue weighted by molar-refractivity contribution is 0.0594. The molecule has 0 spiro atoms. The third-order valence-corrected chi connectivity index (χ3v) is 2.62. The fraction of sp³-hybridized carbons (Fsp3) is 0.154. The first-order valence-electron chi connectivity index (χ1n) is 5.36. The van der Waals surface area contributed by atoms with E-state index in [1.165, 1.54) is 17.9 Å². The van der Waals surface area contributed by atoms with Gasteiger partial charge in [-0.3, -0.25) is 0 Å². The Kier molecular flexibility index (Phi) is 3.23. The molecule has 2 aromatic rings. The minimum atomic E-state index is -0.767. The molecule has 5 nitrogen and oxygen atoms in total. The highest BCUT2D eigenvalue weighted by Crippen LogP contribution is 2.30. The number of carbonyl (C=O) groups excluding carboxylic acids is 1. The Morgan fingerprint density at radius 1 is 1.28 bits per heavy atom. The van der Waals surface area contributed by atoms with E-state index in [1.54, 1.807) is 0 Å². The van der Waals surface area contributed by atoms with Crippen LogP contribution in [0.25, 0.3) is 0 Å². The van der Waals surface area contributed by atoms with Crippen LogP contribution in [0.15, 0.2) is 36.5 Å². The van der Waals surface area contributed by atoms with Crippen LogP contribution in [0.3, 0.4) is 0 Å². The lowest BCUT2D eigenvalue weighted by atomic mass is 10.2. The molecule has 1 heterocycles. The van der Waals surface area contributed by atoms with Crippen molar-refractivity contribution in [2.24, 2.45) is 0 Å². The second kappa shape index (κ2) is 4.83. The van der Waals surface area contributed by atoms with Crippen molar-refractivity contribution < 1.29 is 19.7 Å². The maximum atomic E-state index is 11.4. The van der Waals surface area contributed by atoms with E-state index < -0.39 is 5.97 Å². The number of methoxy groups -OCH3 is 1. The van der Waals surface area contributed by atoms with Crippen molar-refractivity contribution in [3.05, 3.63) is 47.7 Å². The number of carbonyl (C=O) groups is 1. The molecule has 0 saturated carbocycles. The first-order valence-corrected chi connectivity index (χ1v) is 5.36. The number of aromatic nitrogens is 1. The van der Waals surface area contributed by atoms with Crippen LogP contribution in [-0.2, 0) is 11.3 Å². The molecule has 0 atom stereocenters. The van der Waals surface area contributed by atoms with Crippen molar-refractivity contribution in [3.63, 3.8) is 0 Å². The Morgan fingerprint density at radius 3 is 2.56 bits per heavy atom. The Labute approximate surface area is 104 Å². The van der Waals surface area contributed by atoms with Crippen LogP contribution in [0.5, 0.6) is 11.6 Å². The van der Waals surface area contributed by atoms with Gasteiger partial charge in [0.1, 0.15) is 0 Å². The van der Waals surface area contributed by atoms with Crippen molar-refractivity contribution in [1.82, 2.24) is 4.57 Å². The van der Waals surface area contributed by atoms with Gasteiger partial charge in [-0.25, -0.2) is 4.79 Å². The second-order valence-corrected chi connectivity index (χ2v) is 3.82. The summed E-state index contributed by atoms with van der Waals surface area (Å²) in [6.07, 6.45) is 1.30. The molecule has 18 heavy (non-hydrogen) atoms. The number of benzene rings is 1. The van der Waals surface area contributed by atoms with Crippen LogP contribution >= 0.6 is 0 Å². The summed E-state index contributed by atoms with van der Waals surface area (Å²) in [7, 11) is 1.19. The van der Waals surface area contributed by atoms with Gasteiger partial charge in [0, 0.05) is 0 Å². The van der Waals surface area contributed by atoms with E-state index in [0.29, 0.717) is 6.54 Å². The molecule has 0 radical (unpaired) electrons. The van der Waals surface area contributed by atoms with E-state index in [-0.39, 0.29) is 17.2 Å². The summed E-state index contributed by atoms with van der Waals surface area (Å²) in [6, 6.07) is 9.40. The van der Waals surface area contributed by atoms with Gasteiger partial charge in [0.05, 0.1) is 19.9 Å². The van der Waals surface area contributed by atoms with Crippen molar-refractivity contribution in [2.45, 2.75) is 6.54 Å². The Bertz CT molecular complexity index is 560. The molecular weight excluding hydrogens is 234 g/mol. The number of hydrogen-bond donors (Lipinski definition) is 2. The van der Waals surface area contributed by atoms with Gasteiger partial charge in [0.2, 0.25) is 5.88 Å². The molecule has 0 amide bonds. The van der Waals surface area contributed by atoms with E-state index in [9.17, 15) is 15.0 Å². The van der Waals surface area contributed by atoms with Crippen LogP contribution in [0.2, 0.25) is 0 Å². The topological polar surface area (TPSA) is 71.7 Å². The van der Waals surface area contributed by atoms with E-state index in [2.05, 4.69) is 4.74 Å². The average Bonchev–Trinajstić information content (AvgIpc) is 2.65. The van der Waals surface area contributed by atoms with Gasteiger partial charge in [-0.05, 0) is 5.56 Å². The van der Waals surface area contributed by atoms with Crippen LogP contribution < -0.4 is 0 Å². The maximum Gasteiger partial charge on any atom is 0.347 e. The smallest absolute Gasteiger partial charge is 0.347 e. The Balaban J connectivity index is 2.33. The minimum Gasteiger partial charge on any atom is -0.505 e. The fourth-order valence-corrected chi connectivity index (χ4v) is 1.73. The monoisotopic (exact) mass is 247 g/mol. The van der Waals surface area contributed by atoms with E-state index in [4.69, 9.17) is 0 Å². The summed E-state index contributed by atoms with van der Waals surface area (Å²) >= 11 is 0. The van der Waals surface area contributed by atoms with E-state index in [0.717, 1.165) is 5.56 Å². The second-order valence-electron chi connectivity index (χ2n) is 3.82. The molecule has 0 bridgehead atoms. The molecule has 0 unspecified atom stereocenters. The molecule has 0 aliphatic rings. The van der Waals surface area contributed by atoms with Crippen molar-refractivity contribution in [2.75, 3.05) is 7.11 Å². The SMILES string of the molecule is COC(=O)c1c(O)cn(Cc2ccccc2)c1O. The van der Waals surface area contributed by atoms with E-state index in [1.807, 2.05) is 30.3 Å². The zero-order chi connectivity index (χ0) is 13.1. The molecule has 1 aromatic heterocycles. The first-order chi connectivity index (χ1) is 8.63. The standard InChI is InChI=1S/C13H13NO4/c1-18-13(17)11-10(15)8-14(12(11)16)7-9-5-3-2-4-6-9/h2-6,8,15-16H,7H2,1H3. The van der Waals surface area contributed by atoms with Gasteiger partial charge in [0.15, 0.2) is 11.3 Å². The summed E-state index contributed by atoms with van der Waals surface area (Å²) < 4.78 is 5.88. The predicted molar refractivity (Wildman–Crippen MR) is 64.6 cm³/mol. The van der Waals surface area contributed by atoms with Gasteiger partial charge in [-0.15, -0.1) is 0 Å². The third-order valence-electron chi connectivity index (χ3n) is 2.62. The van der Waals surface area contributed by atoms with E-state index >= 15 is 0 Å². The fourth-order valence-electron chi connectivity index (χ4n) is 1.73. The lowest BCUT2D eigenvalue weighted by Crippen LogP contribution is -2.02. The number of ether oxygens (including phenoxy) is 1. The third kappa shape index (κ3) is 2.15. The molecule has 0 saturated heterocycles. The molecule has 0 aliphatic carbocycles. The Morgan fingerprint density at radius 2 is 1.94 bits per heavy atom. The highest BCUT2D eigenvalue weighted by Gasteiger charge is 2.22. The minimum absolute atomic E-state index is 0.214. The maximum absolute atomic E-state index is 11.4. The van der Waals surface area contributed by atoms with Gasteiger partial charge < -0.3 is 19.5 Å². The van der Waals surface area contributed by atoms with Crippen molar-refractivity contribution in [1.29, 1.82) is 0 Å². The molecule has 1 aromatic carbocycles. The number of aromatic hydroxyl groups is 2. The summed E-state index contributed by atoms with van der Waals surface area (Å²) in [5.41, 5.74) is 0.729. The molecule has 0 aliphatic heterocycles. The highest BCUT2D eigenvalue weighted by atomic mass is 16.5. The van der Waals surface area contributed by atoms with Crippen LogP contribution in [-0.4, -0.2) is 27.9 Å². The highest BCUT2D eigenvalue weighted by molar-refractivity contribution is 5.95. The first kappa shape index (κ1) is 12.0. The van der Waals surface area contributed by atoms with Crippen LogP contribution in [0, 0.1) is 0 Å². The molecule has 2 N–H and O–H groups in total. The van der Waals surface area contributed by atoms with Crippen molar-refractivity contribution in [3.8, 4) is 11.6 Å². The normalized spacial score (nSPS) is 10.3. The Hall–Kier alpha value is -2.43. The molecule has 2 rings (SSSR count). The lowest BCUT2D eigenvalue weighted by Gasteiger charge is -2.05. The zero-order valence-corrected chi connectivity index (χ0v) is 9.83. The number of rotatable bonds is 3. The molecule has 94 valence electrons. The van der Waals surface area contributed by atoms with Crippen molar-refractivity contribution >= 4 is 5.97 Å². The number of hydrogen-bond acceptors (Lipinski definition) is 4. The molecular formula is C13H13NO4. The van der Waals surface area contributed by atoms with Crippen LogP contribution in [0.1, 0.15) is 15.9 Å². The number of nitrogens with zero attached hydrogens (tertiary/aromatic N) is 1.